The van der Waals surface area contributed by atoms with Gasteiger partial charge in [-0.15, -0.1) is 0 Å². The minimum absolute atomic E-state index is 0.141. The number of aliphatic hydroxyl groups excluding tert-OH is 1. The fraction of sp³-hybridized carbons (Fsp3) is 0.692. The molecule has 2 aromatic heterocycles. The van der Waals surface area contributed by atoms with Crippen molar-refractivity contribution in [3.8, 4) is 0 Å². The Morgan fingerprint density at radius 2 is 2.05 bits per heavy atom. The molecule has 0 bridgehead atoms. The quantitative estimate of drug-likeness (QED) is 0.832. The Morgan fingerprint density at radius 1 is 1.37 bits per heavy atom. The Balaban J connectivity index is 2.12. The van der Waals surface area contributed by atoms with Gasteiger partial charge in [0.05, 0.1) is 11.8 Å². The van der Waals surface area contributed by atoms with E-state index in [0.29, 0.717) is 6.04 Å². The number of H-pyrrole nitrogens is 1. The van der Waals surface area contributed by atoms with Crippen molar-refractivity contribution in [3.63, 3.8) is 0 Å². The lowest BCUT2D eigenvalue weighted by Crippen LogP contribution is -2.22. The number of hydrogen-bond acceptors (Lipinski definition) is 3. The van der Waals surface area contributed by atoms with Crippen LogP contribution in [0.25, 0.3) is 11.2 Å². The Hall–Kier alpha value is -1.14. The van der Waals surface area contributed by atoms with E-state index in [9.17, 15) is 5.11 Å². The molecular formula is C13H20N4OS. The normalized spacial score (nSPS) is 24.2. The van der Waals surface area contributed by atoms with Gasteiger partial charge in [-0.25, -0.2) is 4.68 Å². The Bertz CT molecular complexity index is 645. The highest BCUT2D eigenvalue weighted by molar-refractivity contribution is 7.71. The molecule has 0 amide bonds. The van der Waals surface area contributed by atoms with Crippen molar-refractivity contribution in [2.24, 2.45) is 0 Å². The van der Waals surface area contributed by atoms with Gasteiger partial charge in [0.15, 0.2) is 10.4 Å². The van der Waals surface area contributed by atoms with Gasteiger partial charge in [0, 0.05) is 12.6 Å². The van der Waals surface area contributed by atoms with Crippen molar-refractivity contribution in [1.82, 2.24) is 19.3 Å². The van der Waals surface area contributed by atoms with E-state index in [4.69, 9.17) is 12.2 Å². The van der Waals surface area contributed by atoms with Gasteiger partial charge < -0.3 is 10.1 Å². The van der Waals surface area contributed by atoms with E-state index in [1.54, 1.807) is 0 Å². The molecule has 0 aliphatic heterocycles. The van der Waals surface area contributed by atoms with Crippen LogP contribution in [0.5, 0.6) is 0 Å². The number of imidazole rings is 1. The minimum atomic E-state index is -0.141. The number of aromatic nitrogens is 4. The predicted molar refractivity (Wildman–Crippen MR) is 76.8 cm³/mol. The first-order chi connectivity index (χ1) is 9.11. The number of nitrogens with one attached hydrogen (secondary N) is 1. The van der Waals surface area contributed by atoms with Gasteiger partial charge in [-0.3, -0.25) is 4.57 Å². The molecule has 0 radical (unpaired) electrons. The molecule has 19 heavy (non-hydrogen) atoms. The molecule has 0 atom stereocenters. The summed E-state index contributed by atoms with van der Waals surface area (Å²) in [6, 6.07) is 0.381. The molecule has 1 fully saturated rings. The second-order valence-electron chi connectivity index (χ2n) is 5.36. The zero-order valence-corrected chi connectivity index (χ0v) is 12.2. The van der Waals surface area contributed by atoms with E-state index in [0.717, 1.165) is 53.9 Å². The third-order valence-corrected chi connectivity index (χ3v) is 4.41. The summed E-state index contributed by atoms with van der Waals surface area (Å²) < 4.78 is 5.00. The Morgan fingerprint density at radius 3 is 2.68 bits per heavy atom. The average Bonchev–Trinajstić information content (AvgIpc) is 2.88. The lowest BCUT2D eigenvalue weighted by atomic mass is 9.93. The molecule has 2 heterocycles. The summed E-state index contributed by atoms with van der Waals surface area (Å²) in [5.41, 5.74) is 3.15. The van der Waals surface area contributed by atoms with Crippen LogP contribution in [-0.4, -0.2) is 30.5 Å². The first kappa shape index (κ1) is 12.9. The van der Waals surface area contributed by atoms with Gasteiger partial charge in [0.1, 0.15) is 5.52 Å². The number of aliphatic hydroxyl groups is 1. The molecule has 0 spiro atoms. The van der Waals surface area contributed by atoms with Crippen LogP contribution in [0.2, 0.25) is 0 Å². The maximum absolute atomic E-state index is 9.65. The molecule has 3 rings (SSSR count). The summed E-state index contributed by atoms with van der Waals surface area (Å²) in [6.07, 6.45) is 3.54. The fourth-order valence-corrected chi connectivity index (χ4v) is 3.44. The number of rotatable bonds is 2. The zero-order chi connectivity index (χ0) is 13.6. The average molecular weight is 280 g/mol. The number of aryl methyl sites for hydroxylation is 2. The molecule has 104 valence electrons. The van der Waals surface area contributed by atoms with E-state index in [1.165, 1.54) is 0 Å². The zero-order valence-electron chi connectivity index (χ0n) is 11.4. The lowest BCUT2D eigenvalue weighted by Gasteiger charge is -2.26. The molecule has 1 aliphatic rings. The molecule has 2 aromatic rings. The van der Waals surface area contributed by atoms with Crippen LogP contribution in [-0.2, 0) is 6.54 Å². The molecule has 5 nitrogen and oxygen atoms in total. The number of nitrogens with zero attached hydrogens (tertiary/aromatic N) is 3. The number of aromatic amines is 1. The van der Waals surface area contributed by atoms with Crippen molar-refractivity contribution in [1.29, 1.82) is 0 Å². The largest absolute Gasteiger partial charge is 0.393 e. The van der Waals surface area contributed by atoms with Gasteiger partial charge >= 0.3 is 0 Å². The summed E-state index contributed by atoms with van der Waals surface area (Å²) in [5.74, 6) is 0. The third kappa shape index (κ3) is 2.03. The van der Waals surface area contributed by atoms with Crippen molar-refractivity contribution >= 4 is 23.4 Å². The highest BCUT2D eigenvalue weighted by Gasteiger charge is 2.25. The van der Waals surface area contributed by atoms with E-state index in [-0.39, 0.29) is 6.10 Å². The summed E-state index contributed by atoms with van der Waals surface area (Å²) in [5, 5.41) is 14.2. The highest BCUT2D eigenvalue weighted by atomic mass is 32.1. The lowest BCUT2D eigenvalue weighted by molar-refractivity contribution is 0.111. The monoisotopic (exact) mass is 280 g/mol. The number of fused-ring (bicyclic) bond motifs is 1. The molecular weight excluding hydrogens is 260 g/mol. The van der Waals surface area contributed by atoms with Crippen LogP contribution < -0.4 is 0 Å². The van der Waals surface area contributed by atoms with Gasteiger partial charge in [-0.1, -0.05) is 0 Å². The van der Waals surface area contributed by atoms with Crippen LogP contribution in [0.15, 0.2) is 0 Å². The first-order valence-electron chi connectivity index (χ1n) is 6.97. The molecule has 0 saturated heterocycles. The van der Waals surface area contributed by atoms with E-state index in [2.05, 4.69) is 21.6 Å². The van der Waals surface area contributed by atoms with Crippen LogP contribution >= 0.6 is 12.2 Å². The van der Waals surface area contributed by atoms with Gasteiger partial charge in [-0.05, 0) is 51.7 Å². The Labute approximate surface area is 117 Å². The van der Waals surface area contributed by atoms with Crippen LogP contribution in [0, 0.1) is 11.7 Å². The first-order valence-corrected chi connectivity index (χ1v) is 7.38. The molecule has 1 saturated carbocycles. The molecule has 6 heteroatoms. The molecule has 2 N–H and O–H groups in total. The Kier molecular flexibility index (Phi) is 3.22. The maximum atomic E-state index is 9.65. The maximum Gasteiger partial charge on any atom is 0.179 e. The predicted octanol–water partition coefficient (Wildman–Crippen LogP) is 2.70. The molecule has 0 aromatic carbocycles. The topological polar surface area (TPSA) is 58.8 Å². The van der Waals surface area contributed by atoms with Crippen molar-refractivity contribution < 1.29 is 5.11 Å². The summed E-state index contributed by atoms with van der Waals surface area (Å²) in [7, 11) is 0. The fourth-order valence-electron chi connectivity index (χ4n) is 3.10. The highest BCUT2D eigenvalue weighted by Crippen LogP contribution is 2.32. The van der Waals surface area contributed by atoms with E-state index < -0.39 is 0 Å². The molecule has 0 unspecified atom stereocenters. The van der Waals surface area contributed by atoms with Crippen LogP contribution in [0.1, 0.15) is 44.3 Å². The van der Waals surface area contributed by atoms with E-state index in [1.807, 2.05) is 11.6 Å². The summed E-state index contributed by atoms with van der Waals surface area (Å²) >= 11 is 5.49. The minimum Gasteiger partial charge on any atom is -0.393 e. The van der Waals surface area contributed by atoms with E-state index >= 15 is 0 Å². The van der Waals surface area contributed by atoms with Crippen LogP contribution in [0.4, 0.5) is 0 Å². The smallest absolute Gasteiger partial charge is 0.179 e. The van der Waals surface area contributed by atoms with Gasteiger partial charge in [-0.2, -0.15) is 5.10 Å². The molecule has 1 aliphatic carbocycles. The SMILES string of the molecule is CCn1nc(C)c2[nH]c(=S)n(C3CCC(O)CC3)c21. The standard InChI is InChI=1S/C13H20N4OS/c1-3-16-12-11(8(2)15-16)14-13(19)17(12)9-4-6-10(18)7-5-9/h9-10,18H,3-7H2,1-2H3,(H,14,19). The summed E-state index contributed by atoms with van der Waals surface area (Å²) in [6.45, 7) is 4.94. The van der Waals surface area contributed by atoms with Crippen molar-refractivity contribution in [2.75, 3.05) is 0 Å². The number of hydrogen-bond donors (Lipinski definition) is 2. The van der Waals surface area contributed by atoms with Crippen molar-refractivity contribution in [3.05, 3.63) is 10.5 Å². The van der Waals surface area contributed by atoms with Crippen molar-refractivity contribution in [2.45, 2.75) is 58.2 Å². The van der Waals surface area contributed by atoms with Crippen LogP contribution in [0.3, 0.4) is 0 Å². The third-order valence-electron chi connectivity index (χ3n) is 4.11. The van der Waals surface area contributed by atoms with Gasteiger partial charge in [0.25, 0.3) is 0 Å². The second kappa shape index (κ2) is 4.76. The van der Waals surface area contributed by atoms with Gasteiger partial charge in [0.2, 0.25) is 0 Å². The second-order valence-corrected chi connectivity index (χ2v) is 5.75. The summed E-state index contributed by atoms with van der Waals surface area (Å²) in [4.78, 5) is 3.29.